The number of benzene rings is 1. The first-order chi connectivity index (χ1) is 13.6. The minimum atomic E-state index is -0.255. The van der Waals surface area contributed by atoms with Crippen LogP contribution in [0.25, 0.3) is 10.9 Å². The number of amides is 1. The summed E-state index contributed by atoms with van der Waals surface area (Å²) in [6, 6.07) is 2.02. The van der Waals surface area contributed by atoms with Gasteiger partial charge in [-0.2, -0.15) is 0 Å². The highest BCUT2D eigenvalue weighted by atomic mass is 16.6. The van der Waals surface area contributed by atoms with Crippen molar-refractivity contribution in [2.75, 3.05) is 46.3 Å². The number of hydrogen-bond donors (Lipinski definition) is 1. The Morgan fingerprint density at radius 1 is 1.14 bits per heavy atom. The molecule has 152 valence electrons. The molecule has 2 aromatic rings. The van der Waals surface area contributed by atoms with Crippen molar-refractivity contribution in [1.29, 1.82) is 0 Å². The number of methoxy groups -OCH3 is 3. The molecule has 1 aromatic heterocycles. The number of nitrogens with zero attached hydrogens (tertiary/aromatic N) is 3. The van der Waals surface area contributed by atoms with Gasteiger partial charge in [-0.3, -0.25) is 0 Å². The minimum Gasteiger partial charge on any atom is -0.493 e. The fraction of sp³-hybridized carbons (Fsp3) is 0.526. The Morgan fingerprint density at radius 2 is 1.86 bits per heavy atom. The summed E-state index contributed by atoms with van der Waals surface area (Å²) in [4.78, 5) is 22.4. The summed E-state index contributed by atoms with van der Waals surface area (Å²) in [6.07, 6.45) is 2.84. The number of nitrogens with one attached hydrogen (secondary N) is 1. The van der Waals surface area contributed by atoms with Crippen molar-refractivity contribution in [3.8, 4) is 17.2 Å². The molecule has 1 aliphatic rings. The Labute approximate surface area is 163 Å². The molecule has 0 atom stereocenters. The zero-order valence-corrected chi connectivity index (χ0v) is 16.7. The predicted molar refractivity (Wildman–Crippen MR) is 104 cm³/mol. The molecule has 1 aliphatic heterocycles. The fourth-order valence-electron chi connectivity index (χ4n) is 3.39. The quantitative estimate of drug-likeness (QED) is 0.804. The van der Waals surface area contributed by atoms with Crippen LogP contribution in [-0.4, -0.2) is 68.0 Å². The molecule has 1 amide bonds. The summed E-state index contributed by atoms with van der Waals surface area (Å²) in [5.74, 6) is 2.23. The molecule has 1 saturated heterocycles. The largest absolute Gasteiger partial charge is 0.493 e. The van der Waals surface area contributed by atoms with E-state index in [1.165, 1.54) is 6.33 Å². The number of rotatable bonds is 6. The molecule has 0 spiro atoms. The van der Waals surface area contributed by atoms with Crippen molar-refractivity contribution in [3.63, 3.8) is 0 Å². The number of piperidine rings is 1. The maximum atomic E-state index is 11.9. The van der Waals surface area contributed by atoms with E-state index in [2.05, 4.69) is 15.3 Å². The lowest BCUT2D eigenvalue weighted by Crippen LogP contribution is -2.42. The molecule has 3 rings (SSSR count). The van der Waals surface area contributed by atoms with Gasteiger partial charge in [0.1, 0.15) is 17.7 Å². The van der Waals surface area contributed by atoms with Crippen molar-refractivity contribution in [1.82, 2.24) is 14.9 Å². The topological polar surface area (TPSA) is 95.0 Å². The van der Waals surface area contributed by atoms with E-state index in [1.54, 1.807) is 26.2 Å². The van der Waals surface area contributed by atoms with Gasteiger partial charge in [0, 0.05) is 19.1 Å². The Balaban J connectivity index is 1.84. The summed E-state index contributed by atoms with van der Waals surface area (Å²) in [5.41, 5.74) is 0.640. The van der Waals surface area contributed by atoms with Crippen LogP contribution >= 0.6 is 0 Å². The van der Waals surface area contributed by atoms with E-state index >= 15 is 0 Å². The number of hydrogen-bond acceptors (Lipinski definition) is 8. The number of ether oxygens (including phenoxy) is 4. The van der Waals surface area contributed by atoms with Gasteiger partial charge in [0.15, 0.2) is 11.5 Å². The van der Waals surface area contributed by atoms with Gasteiger partial charge in [0.25, 0.3) is 0 Å². The number of anilines is 1. The molecule has 0 bridgehead atoms. The first kappa shape index (κ1) is 19.8. The normalized spacial score (nSPS) is 14.6. The van der Waals surface area contributed by atoms with Gasteiger partial charge in [-0.15, -0.1) is 0 Å². The molecule has 0 unspecified atom stereocenters. The molecule has 9 heteroatoms. The van der Waals surface area contributed by atoms with Crippen molar-refractivity contribution in [2.24, 2.45) is 0 Å². The van der Waals surface area contributed by atoms with Crippen LogP contribution < -0.4 is 19.5 Å². The molecule has 1 fully saturated rings. The molecule has 28 heavy (non-hydrogen) atoms. The SMILES string of the molecule is CCOC(=O)N1CCC(Nc2ncnc3c(OC)c(OC)c(OC)cc23)CC1. The van der Waals surface area contributed by atoms with E-state index in [9.17, 15) is 4.79 Å². The lowest BCUT2D eigenvalue weighted by atomic mass is 10.0. The molecule has 2 heterocycles. The monoisotopic (exact) mass is 390 g/mol. The maximum Gasteiger partial charge on any atom is 0.409 e. The number of carbonyl (C=O) groups is 1. The van der Waals surface area contributed by atoms with Crippen molar-refractivity contribution in [3.05, 3.63) is 12.4 Å². The van der Waals surface area contributed by atoms with Crippen molar-refractivity contribution < 1.29 is 23.7 Å². The molecule has 9 nitrogen and oxygen atoms in total. The van der Waals surface area contributed by atoms with E-state index in [0.717, 1.165) is 18.2 Å². The molecule has 1 aromatic carbocycles. The second-order valence-electron chi connectivity index (χ2n) is 6.37. The average Bonchev–Trinajstić information content (AvgIpc) is 2.73. The van der Waals surface area contributed by atoms with E-state index in [0.29, 0.717) is 48.3 Å². The van der Waals surface area contributed by atoms with Crippen LogP contribution in [-0.2, 0) is 4.74 Å². The highest BCUT2D eigenvalue weighted by Gasteiger charge is 2.25. The van der Waals surface area contributed by atoms with Crippen LogP contribution in [0.5, 0.6) is 17.2 Å². The number of fused-ring (bicyclic) bond motifs is 1. The highest BCUT2D eigenvalue weighted by Crippen LogP contribution is 2.43. The van der Waals surface area contributed by atoms with Crippen molar-refractivity contribution in [2.45, 2.75) is 25.8 Å². The van der Waals surface area contributed by atoms with Crippen molar-refractivity contribution >= 4 is 22.8 Å². The minimum absolute atomic E-state index is 0.183. The molecular weight excluding hydrogens is 364 g/mol. The molecule has 1 N–H and O–H groups in total. The smallest absolute Gasteiger partial charge is 0.409 e. The summed E-state index contributed by atoms with van der Waals surface area (Å²) in [6.45, 7) is 3.47. The second kappa shape index (κ2) is 8.81. The summed E-state index contributed by atoms with van der Waals surface area (Å²) >= 11 is 0. The van der Waals surface area contributed by atoms with Crippen LogP contribution in [0.2, 0.25) is 0 Å². The van der Waals surface area contributed by atoms with Crippen LogP contribution in [0.15, 0.2) is 12.4 Å². The maximum absolute atomic E-state index is 11.9. The third kappa shape index (κ3) is 3.83. The third-order valence-electron chi connectivity index (χ3n) is 4.79. The van der Waals surface area contributed by atoms with Crippen LogP contribution in [0, 0.1) is 0 Å². The predicted octanol–water partition coefficient (Wildman–Crippen LogP) is 2.69. The Kier molecular flexibility index (Phi) is 6.23. The number of carbonyl (C=O) groups excluding carboxylic acids is 1. The van der Waals surface area contributed by atoms with Crippen LogP contribution in [0.3, 0.4) is 0 Å². The summed E-state index contributed by atoms with van der Waals surface area (Å²) < 4.78 is 21.5. The van der Waals surface area contributed by atoms with Gasteiger partial charge < -0.3 is 29.2 Å². The second-order valence-corrected chi connectivity index (χ2v) is 6.37. The van der Waals surface area contributed by atoms with E-state index in [1.807, 2.05) is 13.0 Å². The Morgan fingerprint density at radius 3 is 2.46 bits per heavy atom. The summed E-state index contributed by atoms with van der Waals surface area (Å²) in [7, 11) is 4.70. The molecule has 0 aliphatic carbocycles. The van der Waals surface area contributed by atoms with Crippen LogP contribution in [0.4, 0.5) is 10.6 Å². The van der Waals surface area contributed by atoms with Gasteiger partial charge in [-0.1, -0.05) is 0 Å². The van der Waals surface area contributed by atoms with Gasteiger partial charge in [-0.05, 0) is 25.8 Å². The number of likely N-dealkylation sites (tertiary alicyclic amines) is 1. The fourth-order valence-corrected chi connectivity index (χ4v) is 3.39. The van der Waals surface area contributed by atoms with Crippen LogP contribution in [0.1, 0.15) is 19.8 Å². The lowest BCUT2D eigenvalue weighted by Gasteiger charge is -2.32. The molecular formula is C19H26N4O5. The van der Waals surface area contributed by atoms with Gasteiger partial charge in [-0.25, -0.2) is 14.8 Å². The van der Waals surface area contributed by atoms with Gasteiger partial charge in [0.05, 0.1) is 33.3 Å². The first-order valence-electron chi connectivity index (χ1n) is 9.24. The zero-order valence-electron chi connectivity index (χ0n) is 16.7. The standard InChI is InChI=1S/C19H26N4O5/c1-5-28-19(24)23-8-6-12(7-9-23)22-18-13-10-14(25-2)16(26-3)17(27-4)15(13)20-11-21-18/h10-12H,5-9H2,1-4H3,(H,20,21,22). The Hall–Kier alpha value is -2.97. The van der Waals surface area contributed by atoms with E-state index < -0.39 is 0 Å². The van der Waals surface area contributed by atoms with E-state index in [-0.39, 0.29) is 12.1 Å². The summed E-state index contributed by atoms with van der Waals surface area (Å²) in [5, 5.41) is 4.26. The lowest BCUT2D eigenvalue weighted by molar-refractivity contribution is 0.0983. The average molecular weight is 390 g/mol. The zero-order chi connectivity index (χ0) is 20.1. The third-order valence-corrected chi connectivity index (χ3v) is 4.79. The highest BCUT2D eigenvalue weighted by molar-refractivity contribution is 5.96. The van der Waals surface area contributed by atoms with E-state index in [4.69, 9.17) is 18.9 Å². The Bertz CT molecular complexity index is 837. The first-order valence-corrected chi connectivity index (χ1v) is 9.24. The molecule has 0 radical (unpaired) electrons. The number of aromatic nitrogens is 2. The van der Waals surface area contributed by atoms with Gasteiger partial charge >= 0.3 is 6.09 Å². The molecule has 0 saturated carbocycles. The van der Waals surface area contributed by atoms with Gasteiger partial charge in [0.2, 0.25) is 5.75 Å².